The van der Waals surface area contributed by atoms with Crippen molar-refractivity contribution in [1.29, 1.82) is 0 Å². The van der Waals surface area contributed by atoms with Gasteiger partial charge in [0.15, 0.2) is 34.7 Å². The van der Waals surface area contributed by atoms with Crippen molar-refractivity contribution in [3.8, 4) is 28.4 Å². The van der Waals surface area contributed by atoms with E-state index in [-0.39, 0.29) is 43.0 Å². The molecule has 9 heteroatoms. The Labute approximate surface area is 253 Å². The Bertz CT molecular complexity index is 1510. The van der Waals surface area contributed by atoms with Crippen LogP contribution in [0, 0.1) is 52.7 Å². The second-order valence-electron chi connectivity index (χ2n) is 11.4. The summed E-state index contributed by atoms with van der Waals surface area (Å²) in [6.45, 7) is 3.94. The molecular weight excluding hydrogens is 582 g/mol. The van der Waals surface area contributed by atoms with Crippen molar-refractivity contribution in [3.63, 3.8) is 0 Å². The molecule has 2 aliphatic rings. The van der Waals surface area contributed by atoms with Crippen molar-refractivity contribution in [1.82, 2.24) is 0 Å². The molecule has 0 radical (unpaired) electrons. The van der Waals surface area contributed by atoms with E-state index in [4.69, 9.17) is 14.2 Å². The summed E-state index contributed by atoms with van der Waals surface area (Å²) in [5.74, 6) is -6.52. The van der Waals surface area contributed by atoms with Crippen molar-refractivity contribution in [2.24, 2.45) is 17.8 Å². The van der Waals surface area contributed by atoms with Gasteiger partial charge in [0.1, 0.15) is 0 Å². The third kappa shape index (κ3) is 6.57. The van der Waals surface area contributed by atoms with Crippen LogP contribution in [0.2, 0.25) is 0 Å². The summed E-state index contributed by atoms with van der Waals surface area (Å²) < 4.78 is 104. The molecule has 1 saturated carbocycles. The van der Waals surface area contributed by atoms with E-state index >= 15 is 0 Å². The summed E-state index contributed by atoms with van der Waals surface area (Å²) in [6.07, 6.45) is 8.05. The van der Waals surface area contributed by atoms with Crippen molar-refractivity contribution in [2.75, 3.05) is 19.8 Å². The molecule has 44 heavy (non-hydrogen) atoms. The lowest BCUT2D eigenvalue weighted by Crippen LogP contribution is -2.26. The molecule has 0 aromatic heterocycles. The predicted octanol–water partition coefficient (Wildman–Crippen LogP) is 10.1. The van der Waals surface area contributed by atoms with Gasteiger partial charge in [-0.2, -0.15) is 13.2 Å². The molecule has 0 amide bonds. The number of hydrogen-bond acceptors (Lipinski definition) is 3. The highest BCUT2D eigenvalue weighted by Gasteiger charge is 2.30. The third-order valence-corrected chi connectivity index (χ3v) is 8.86. The number of allylic oxidation sites excluding steroid dienone is 2. The van der Waals surface area contributed by atoms with E-state index < -0.39 is 46.0 Å². The molecule has 2 aliphatic carbocycles. The van der Waals surface area contributed by atoms with Gasteiger partial charge < -0.3 is 14.2 Å². The Morgan fingerprint density at radius 2 is 1.02 bits per heavy atom. The topological polar surface area (TPSA) is 27.7 Å². The van der Waals surface area contributed by atoms with Crippen molar-refractivity contribution in [3.05, 3.63) is 82.9 Å². The summed E-state index contributed by atoms with van der Waals surface area (Å²) in [5, 5.41) is 0. The number of halogens is 6. The molecule has 1 atom stereocenters. The fraction of sp³-hybridized carbons (Fsp3) is 0.429. The lowest BCUT2D eigenvalue weighted by atomic mass is 9.71. The molecule has 3 aromatic carbocycles. The molecule has 0 heterocycles. The molecular formula is C35H36F6O3. The fourth-order valence-electron chi connectivity index (χ4n) is 6.47. The number of ether oxygens (including phenoxy) is 3. The predicted molar refractivity (Wildman–Crippen MR) is 157 cm³/mol. The highest BCUT2D eigenvalue weighted by atomic mass is 19.2. The zero-order chi connectivity index (χ0) is 31.4. The van der Waals surface area contributed by atoms with Gasteiger partial charge in [-0.25, -0.2) is 13.2 Å². The molecule has 0 spiro atoms. The summed E-state index contributed by atoms with van der Waals surface area (Å²) in [4.78, 5) is 0. The molecule has 1 unspecified atom stereocenters. The average Bonchev–Trinajstić information content (AvgIpc) is 3.04. The van der Waals surface area contributed by atoms with E-state index in [2.05, 4.69) is 0 Å². The maximum atomic E-state index is 14.9. The van der Waals surface area contributed by atoms with Gasteiger partial charge >= 0.3 is 0 Å². The van der Waals surface area contributed by atoms with E-state index in [9.17, 15) is 26.3 Å². The van der Waals surface area contributed by atoms with Crippen LogP contribution in [0.4, 0.5) is 26.3 Å². The zero-order valence-corrected chi connectivity index (χ0v) is 24.8. The Hall–Kier alpha value is -3.62. The average molecular weight is 619 g/mol. The minimum Gasteiger partial charge on any atom is -0.491 e. The summed E-state index contributed by atoms with van der Waals surface area (Å²) >= 11 is 0. The van der Waals surface area contributed by atoms with Crippen LogP contribution in [0.1, 0.15) is 64.4 Å². The minimum absolute atomic E-state index is 0.0790. The van der Waals surface area contributed by atoms with E-state index in [0.29, 0.717) is 23.8 Å². The molecule has 0 bridgehead atoms. The molecule has 0 N–H and O–H groups in total. The van der Waals surface area contributed by atoms with Crippen molar-refractivity contribution in [2.45, 2.75) is 58.8 Å². The minimum atomic E-state index is -1.32. The van der Waals surface area contributed by atoms with Crippen molar-refractivity contribution >= 4 is 5.57 Å². The van der Waals surface area contributed by atoms with Crippen LogP contribution < -0.4 is 14.2 Å². The molecule has 0 saturated heterocycles. The fourth-order valence-corrected chi connectivity index (χ4v) is 6.47. The summed E-state index contributed by atoms with van der Waals surface area (Å²) in [5.41, 5.74) is 0.292. The van der Waals surface area contributed by atoms with E-state index in [1.807, 2.05) is 6.08 Å². The quantitative estimate of drug-likeness (QED) is 0.212. The van der Waals surface area contributed by atoms with E-state index in [0.717, 1.165) is 50.2 Å². The first-order valence-corrected chi connectivity index (χ1v) is 15.3. The molecule has 236 valence electrons. The first kappa shape index (κ1) is 31.8. The second kappa shape index (κ2) is 14.0. The molecule has 5 rings (SSSR count). The second-order valence-corrected chi connectivity index (χ2v) is 11.4. The Kier molecular flexibility index (Phi) is 10.1. The zero-order valence-electron chi connectivity index (χ0n) is 24.8. The highest BCUT2D eigenvalue weighted by molar-refractivity contribution is 5.68. The first-order chi connectivity index (χ1) is 21.2. The Morgan fingerprint density at radius 3 is 1.50 bits per heavy atom. The number of hydrogen-bond donors (Lipinski definition) is 0. The van der Waals surface area contributed by atoms with Gasteiger partial charge in [-0.1, -0.05) is 6.08 Å². The third-order valence-electron chi connectivity index (χ3n) is 8.86. The van der Waals surface area contributed by atoms with Gasteiger partial charge in [0.2, 0.25) is 17.5 Å². The SMILES string of the molecule is CCOc1ccc(C2=CCC(C3CCC(COc4ccc(-c5ccc(OCC)c(F)c5F)c(F)c4F)CC3)CC2)c(F)c1F. The summed E-state index contributed by atoms with van der Waals surface area (Å²) in [6, 6.07) is 7.81. The monoisotopic (exact) mass is 618 g/mol. The largest absolute Gasteiger partial charge is 0.491 e. The maximum Gasteiger partial charge on any atom is 0.201 e. The van der Waals surface area contributed by atoms with Gasteiger partial charge in [-0.3, -0.25) is 0 Å². The molecule has 3 nitrogen and oxygen atoms in total. The van der Waals surface area contributed by atoms with E-state index in [1.165, 1.54) is 24.3 Å². The Balaban J connectivity index is 1.14. The van der Waals surface area contributed by atoms with Crippen LogP contribution in [0.5, 0.6) is 17.2 Å². The first-order valence-electron chi connectivity index (χ1n) is 15.3. The van der Waals surface area contributed by atoms with Gasteiger partial charge in [-0.05, 0) is 119 Å². The van der Waals surface area contributed by atoms with Crippen molar-refractivity contribution < 1.29 is 40.6 Å². The van der Waals surface area contributed by atoms with Crippen LogP contribution in [-0.4, -0.2) is 19.8 Å². The van der Waals surface area contributed by atoms with Crippen LogP contribution >= 0.6 is 0 Å². The van der Waals surface area contributed by atoms with E-state index in [1.54, 1.807) is 19.9 Å². The lowest BCUT2D eigenvalue weighted by molar-refractivity contribution is 0.146. The smallest absolute Gasteiger partial charge is 0.201 e. The Morgan fingerprint density at radius 1 is 0.545 bits per heavy atom. The maximum absolute atomic E-state index is 14.9. The standard InChI is InChI=1S/C35H36F6O3/c1-3-42-27-16-13-24(30(36)33(27)39)23-11-9-22(10-12-23)21-7-5-20(6-8-21)19-44-29-18-15-26(32(38)35(29)41)25-14-17-28(43-4-2)34(40)31(25)37/h11,13-18,20-22H,3-10,12,19H2,1-2H3. The lowest BCUT2D eigenvalue weighted by Gasteiger charge is -2.35. The number of benzene rings is 3. The van der Waals surface area contributed by atoms with Crippen LogP contribution in [-0.2, 0) is 0 Å². The van der Waals surface area contributed by atoms with Crippen LogP contribution in [0.25, 0.3) is 16.7 Å². The van der Waals surface area contributed by atoms with Gasteiger partial charge in [-0.15, -0.1) is 0 Å². The molecule has 1 fully saturated rings. The molecule has 3 aromatic rings. The van der Waals surface area contributed by atoms with Gasteiger partial charge in [0, 0.05) is 16.7 Å². The highest BCUT2D eigenvalue weighted by Crippen LogP contribution is 2.42. The molecule has 0 aliphatic heterocycles. The van der Waals surface area contributed by atoms with Gasteiger partial charge in [0.05, 0.1) is 19.8 Å². The normalized spacial score (nSPS) is 20.3. The summed E-state index contributed by atoms with van der Waals surface area (Å²) in [7, 11) is 0. The van der Waals surface area contributed by atoms with Gasteiger partial charge in [0.25, 0.3) is 0 Å². The van der Waals surface area contributed by atoms with Crippen LogP contribution in [0.15, 0.2) is 42.5 Å². The number of rotatable bonds is 10. The van der Waals surface area contributed by atoms with Crippen LogP contribution in [0.3, 0.4) is 0 Å².